The van der Waals surface area contributed by atoms with Gasteiger partial charge in [0.2, 0.25) is 10.0 Å². The predicted molar refractivity (Wildman–Crippen MR) is 144 cm³/mol. The van der Waals surface area contributed by atoms with Gasteiger partial charge >= 0.3 is 6.09 Å². The number of carbonyl (C=O) groups excluding carboxylic acids is 1. The number of aliphatic hydroxyl groups is 1. The summed E-state index contributed by atoms with van der Waals surface area (Å²) in [4.78, 5) is 16.9. The number of nitrogens with one attached hydrogen (secondary N) is 1. The first kappa shape index (κ1) is 29.1. The second-order valence-corrected chi connectivity index (χ2v) is 11.2. The number of methoxy groups -OCH3 is 1. The van der Waals surface area contributed by atoms with E-state index in [1.165, 1.54) is 23.5 Å². The van der Waals surface area contributed by atoms with Crippen molar-refractivity contribution in [2.24, 2.45) is 5.92 Å². The van der Waals surface area contributed by atoms with Crippen molar-refractivity contribution in [2.75, 3.05) is 20.2 Å². The van der Waals surface area contributed by atoms with Gasteiger partial charge in [0.1, 0.15) is 12.4 Å². The molecule has 38 heavy (non-hydrogen) atoms. The molecule has 0 fully saturated rings. The number of nitrogens with zero attached hydrogens (tertiary/aromatic N) is 2. The molecule has 2 aromatic carbocycles. The molecule has 0 bridgehead atoms. The van der Waals surface area contributed by atoms with Gasteiger partial charge < -0.3 is 19.9 Å². The highest BCUT2D eigenvalue weighted by molar-refractivity contribution is 7.89. The monoisotopic (exact) mass is 541 g/mol. The summed E-state index contributed by atoms with van der Waals surface area (Å²) in [5.41, 5.74) is 1.45. The van der Waals surface area contributed by atoms with Crippen LogP contribution in [0.1, 0.15) is 25.1 Å². The van der Waals surface area contributed by atoms with Gasteiger partial charge in [0, 0.05) is 19.3 Å². The Balaban J connectivity index is 1.79. The molecule has 1 heterocycles. The van der Waals surface area contributed by atoms with Crippen LogP contribution in [0.15, 0.2) is 83.9 Å². The van der Waals surface area contributed by atoms with Crippen molar-refractivity contribution < 1.29 is 27.8 Å². The average Bonchev–Trinajstić information content (AvgIpc) is 2.92. The predicted octanol–water partition coefficient (Wildman–Crippen LogP) is 3.64. The van der Waals surface area contributed by atoms with Crippen LogP contribution in [0.5, 0.6) is 5.75 Å². The third kappa shape index (κ3) is 8.54. The van der Waals surface area contributed by atoms with Gasteiger partial charge in [0.15, 0.2) is 0 Å². The minimum absolute atomic E-state index is 0.000839. The van der Waals surface area contributed by atoms with Crippen LogP contribution in [0, 0.1) is 5.92 Å². The molecule has 3 aromatic rings. The molecule has 9 nitrogen and oxygen atoms in total. The fourth-order valence-corrected chi connectivity index (χ4v) is 5.50. The highest BCUT2D eigenvalue weighted by atomic mass is 32.2. The third-order valence-corrected chi connectivity index (χ3v) is 7.65. The number of benzene rings is 2. The first-order chi connectivity index (χ1) is 18.2. The van der Waals surface area contributed by atoms with E-state index in [2.05, 4.69) is 10.3 Å². The quantitative estimate of drug-likeness (QED) is 0.339. The molecular formula is C28H35N3O6S. The Hall–Kier alpha value is -3.47. The number of aromatic nitrogens is 1. The number of aliphatic hydroxyl groups excluding tert-OH is 1. The van der Waals surface area contributed by atoms with E-state index in [0.29, 0.717) is 11.4 Å². The van der Waals surface area contributed by atoms with Crippen molar-refractivity contribution in [2.45, 2.75) is 43.9 Å². The average molecular weight is 542 g/mol. The minimum atomic E-state index is -3.93. The molecule has 0 saturated carbocycles. The van der Waals surface area contributed by atoms with Crippen LogP contribution in [0.25, 0.3) is 0 Å². The number of alkyl carbamates (subject to hydrolysis) is 1. The molecular weight excluding hydrogens is 506 g/mol. The summed E-state index contributed by atoms with van der Waals surface area (Å²) < 4.78 is 38.7. The molecule has 10 heteroatoms. The van der Waals surface area contributed by atoms with E-state index in [1.807, 2.05) is 44.2 Å². The lowest BCUT2D eigenvalue weighted by Gasteiger charge is -2.30. The van der Waals surface area contributed by atoms with Crippen LogP contribution < -0.4 is 10.1 Å². The Morgan fingerprint density at radius 1 is 1.00 bits per heavy atom. The topological polar surface area (TPSA) is 118 Å². The highest BCUT2D eigenvalue weighted by Crippen LogP contribution is 2.21. The van der Waals surface area contributed by atoms with Crippen molar-refractivity contribution in [3.05, 3.63) is 90.3 Å². The third-order valence-electron chi connectivity index (χ3n) is 5.80. The van der Waals surface area contributed by atoms with E-state index in [1.54, 1.807) is 36.5 Å². The fourth-order valence-electron chi connectivity index (χ4n) is 3.88. The zero-order valence-electron chi connectivity index (χ0n) is 21.9. The summed E-state index contributed by atoms with van der Waals surface area (Å²) in [6.45, 7) is 3.74. The van der Waals surface area contributed by atoms with Crippen LogP contribution in [-0.2, 0) is 27.8 Å². The Kier molecular flexibility index (Phi) is 10.6. The van der Waals surface area contributed by atoms with Gasteiger partial charge in [0.25, 0.3) is 0 Å². The standard InChI is InChI=1S/C28H35N3O6S/c1-21(2)18-31(38(34,35)25-14-12-24(36-3)13-15-25)19-27(32)26(17-22-9-5-4-6-10-22)30-28(33)37-20-23-11-7-8-16-29-23/h4-16,21,26-27,32H,17-20H2,1-3H3,(H,30,33)/t26?,27-/m1/s1. The molecule has 0 radical (unpaired) electrons. The van der Waals surface area contributed by atoms with Gasteiger partial charge in [0.05, 0.1) is 29.8 Å². The van der Waals surface area contributed by atoms with Crippen LogP contribution in [-0.4, -0.2) is 61.3 Å². The number of hydrogen-bond acceptors (Lipinski definition) is 7. The molecule has 2 atom stereocenters. The van der Waals surface area contributed by atoms with Gasteiger partial charge in [-0.05, 0) is 54.3 Å². The lowest BCUT2D eigenvalue weighted by Crippen LogP contribution is -2.51. The van der Waals surface area contributed by atoms with Gasteiger partial charge in [-0.2, -0.15) is 4.31 Å². The smallest absolute Gasteiger partial charge is 0.407 e. The molecule has 0 aliphatic rings. The molecule has 0 saturated heterocycles. The molecule has 0 aliphatic heterocycles. The van der Waals surface area contributed by atoms with E-state index in [-0.39, 0.29) is 36.9 Å². The number of ether oxygens (including phenoxy) is 2. The SMILES string of the molecule is COc1ccc(S(=O)(=O)N(CC(C)C)C[C@@H](O)C(Cc2ccccc2)NC(=O)OCc2ccccn2)cc1. The number of amides is 1. The Morgan fingerprint density at radius 2 is 1.68 bits per heavy atom. The summed E-state index contributed by atoms with van der Waals surface area (Å²) in [5, 5.41) is 14.0. The van der Waals surface area contributed by atoms with Crippen LogP contribution in [0.4, 0.5) is 4.79 Å². The summed E-state index contributed by atoms with van der Waals surface area (Å²) in [6.07, 6.45) is -0.0716. The maximum atomic E-state index is 13.5. The molecule has 1 amide bonds. The Bertz CT molecular complexity index is 1240. The molecule has 1 unspecified atom stereocenters. The van der Waals surface area contributed by atoms with Crippen molar-refractivity contribution in [1.29, 1.82) is 0 Å². The van der Waals surface area contributed by atoms with Crippen molar-refractivity contribution in [3.63, 3.8) is 0 Å². The Labute approximate surface area is 224 Å². The van der Waals surface area contributed by atoms with Gasteiger partial charge in [-0.15, -0.1) is 0 Å². The van der Waals surface area contributed by atoms with Crippen molar-refractivity contribution >= 4 is 16.1 Å². The van der Waals surface area contributed by atoms with E-state index in [0.717, 1.165) is 5.56 Å². The van der Waals surface area contributed by atoms with E-state index < -0.39 is 28.3 Å². The first-order valence-electron chi connectivity index (χ1n) is 12.4. The van der Waals surface area contributed by atoms with E-state index in [9.17, 15) is 18.3 Å². The van der Waals surface area contributed by atoms with Crippen LogP contribution >= 0.6 is 0 Å². The van der Waals surface area contributed by atoms with Crippen molar-refractivity contribution in [1.82, 2.24) is 14.6 Å². The second kappa shape index (κ2) is 13.9. The van der Waals surface area contributed by atoms with Gasteiger partial charge in [-0.3, -0.25) is 4.98 Å². The summed E-state index contributed by atoms with van der Waals surface area (Å²) in [6, 6.07) is 19.9. The first-order valence-corrected chi connectivity index (χ1v) is 13.8. The van der Waals surface area contributed by atoms with Gasteiger partial charge in [-0.25, -0.2) is 13.2 Å². The molecule has 2 N–H and O–H groups in total. The zero-order valence-corrected chi connectivity index (χ0v) is 22.7. The van der Waals surface area contributed by atoms with Crippen LogP contribution in [0.3, 0.4) is 0 Å². The van der Waals surface area contributed by atoms with E-state index >= 15 is 0 Å². The molecule has 0 spiro atoms. The largest absolute Gasteiger partial charge is 0.497 e. The maximum absolute atomic E-state index is 13.5. The van der Waals surface area contributed by atoms with Crippen molar-refractivity contribution in [3.8, 4) is 5.75 Å². The summed E-state index contributed by atoms with van der Waals surface area (Å²) in [7, 11) is -2.43. The number of hydrogen-bond donors (Lipinski definition) is 2. The highest BCUT2D eigenvalue weighted by Gasteiger charge is 2.31. The minimum Gasteiger partial charge on any atom is -0.497 e. The number of carbonyl (C=O) groups is 1. The lowest BCUT2D eigenvalue weighted by molar-refractivity contribution is 0.0869. The molecule has 204 valence electrons. The Morgan fingerprint density at radius 3 is 2.29 bits per heavy atom. The number of rotatable bonds is 13. The maximum Gasteiger partial charge on any atom is 0.407 e. The lowest BCUT2D eigenvalue weighted by atomic mass is 10.0. The molecule has 1 aromatic heterocycles. The fraction of sp³-hybridized carbons (Fsp3) is 0.357. The van der Waals surface area contributed by atoms with Gasteiger partial charge in [-0.1, -0.05) is 50.2 Å². The summed E-state index contributed by atoms with van der Waals surface area (Å²) in [5.74, 6) is 0.537. The zero-order chi connectivity index (χ0) is 27.5. The summed E-state index contributed by atoms with van der Waals surface area (Å²) >= 11 is 0. The van der Waals surface area contributed by atoms with Crippen LogP contribution in [0.2, 0.25) is 0 Å². The number of sulfonamides is 1. The van der Waals surface area contributed by atoms with E-state index in [4.69, 9.17) is 9.47 Å². The second-order valence-electron chi connectivity index (χ2n) is 9.30. The molecule has 0 aliphatic carbocycles. The number of pyridine rings is 1. The normalized spacial score (nSPS) is 13.2. The molecule has 3 rings (SSSR count).